The molecule has 1 N–H and O–H groups in total. The Morgan fingerprint density at radius 3 is 2.67 bits per heavy atom. The molecule has 3 rings (SSSR count). The summed E-state index contributed by atoms with van der Waals surface area (Å²) in [7, 11) is 0. The Bertz CT molecular complexity index is 577. The number of fused-ring (bicyclic) bond motifs is 3. The summed E-state index contributed by atoms with van der Waals surface area (Å²) in [4.78, 5) is 13.2. The highest BCUT2D eigenvalue weighted by Crippen LogP contribution is 2.51. The van der Waals surface area contributed by atoms with Crippen molar-refractivity contribution in [1.29, 1.82) is 0 Å². The molecular formula is C24H41NO2. The van der Waals surface area contributed by atoms with Crippen LogP contribution in [0.5, 0.6) is 0 Å². The summed E-state index contributed by atoms with van der Waals surface area (Å²) in [6.07, 6.45) is 11.5. The van der Waals surface area contributed by atoms with Gasteiger partial charge in [0.25, 0.3) is 0 Å². The highest BCUT2D eigenvalue weighted by molar-refractivity contribution is 5.94. The van der Waals surface area contributed by atoms with Crippen LogP contribution in [0.25, 0.3) is 0 Å². The maximum absolute atomic E-state index is 13.2. The first-order valence-electron chi connectivity index (χ1n) is 11.4. The molecule has 3 aliphatic rings. The molecule has 27 heavy (non-hydrogen) atoms. The monoisotopic (exact) mass is 375 g/mol. The molecule has 1 saturated carbocycles. The first kappa shape index (κ1) is 20.9. The molecule has 0 aromatic heterocycles. The Kier molecular flexibility index (Phi) is 6.11. The third kappa shape index (κ3) is 4.28. The van der Waals surface area contributed by atoms with E-state index in [-0.39, 0.29) is 23.2 Å². The van der Waals surface area contributed by atoms with Crippen molar-refractivity contribution in [3.05, 3.63) is 11.8 Å². The molecule has 2 fully saturated rings. The lowest BCUT2D eigenvalue weighted by Crippen LogP contribution is -2.62. The van der Waals surface area contributed by atoms with Crippen LogP contribution in [0.4, 0.5) is 0 Å². The molecule has 154 valence electrons. The summed E-state index contributed by atoms with van der Waals surface area (Å²) < 4.78 is 6.55. The van der Waals surface area contributed by atoms with E-state index >= 15 is 0 Å². The maximum Gasteiger partial charge on any atom is 0.165 e. The summed E-state index contributed by atoms with van der Waals surface area (Å²) in [6, 6.07) is 0. The lowest BCUT2D eigenvalue weighted by Gasteiger charge is -2.55. The van der Waals surface area contributed by atoms with Gasteiger partial charge in [0.15, 0.2) is 5.78 Å². The molecule has 0 radical (unpaired) electrons. The van der Waals surface area contributed by atoms with Gasteiger partial charge in [0.05, 0.1) is 11.5 Å². The van der Waals surface area contributed by atoms with E-state index in [1.54, 1.807) is 0 Å². The molecule has 0 aromatic rings. The predicted molar refractivity (Wildman–Crippen MR) is 111 cm³/mol. The van der Waals surface area contributed by atoms with Gasteiger partial charge in [0.1, 0.15) is 6.23 Å². The first-order chi connectivity index (χ1) is 12.7. The number of nitrogens with one attached hydrogen (secondary N) is 1. The van der Waals surface area contributed by atoms with Crippen LogP contribution in [-0.2, 0) is 9.53 Å². The number of carbonyl (C=O) groups excluding carboxylic acids is 1. The molecular weight excluding hydrogens is 334 g/mol. The van der Waals surface area contributed by atoms with Crippen LogP contribution in [0.3, 0.4) is 0 Å². The second kappa shape index (κ2) is 7.89. The van der Waals surface area contributed by atoms with Crippen LogP contribution < -0.4 is 5.32 Å². The van der Waals surface area contributed by atoms with Crippen molar-refractivity contribution >= 4 is 5.78 Å². The predicted octanol–water partition coefficient (Wildman–Crippen LogP) is 5.84. The third-order valence-corrected chi connectivity index (χ3v) is 7.57. The second-order valence-electron chi connectivity index (χ2n) is 10.7. The SMILES string of the molecule is CCCCCCC(C)(C)C1=CC(=O)C2C(N1)OC(C)(C)C1CC[C@H](C)C[C@H]21. The van der Waals surface area contributed by atoms with E-state index in [4.69, 9.17) is 4.74 Å². The number of rotatable bonds is 6. The number of ether oxygens (including phenoxy) is 1. The zero-order chi connectivity index (χ0) is 19.8. The summed E-state index contributed by atoms with van der Waals surface area (Å²) >= 11 is 0. The molecule has 3 nitrogen and oxygen atoms in total. The lowest BCUT2D eigenvalue weighted by atomic mass is 9.60. The smallest absolute Gasteiger partial charge is 0.165 e. The zero-order valence-corrected chi connectivity index (χ0v) is 18.4. The molecule has 2 aliphatic heterocycles. The Labute approximate surface area is 166 Å². The van der Waals surface area contributed by atoms with Crippen LogP contribution in [0, 0.1) is 29.1 Å². The quantitative estimate of drug-likeness (QED) is 0.592. The summed E-state index contributed by atoms with van der Waals surface area (Å²) in [6.45, 7) is 13.6. The topological polar surface area (TPSA) is 38.3 Å². The minimum absolute atomic E-state index is 0.00141. The number of hydrogen-bond donors (Lipinski definition) is 1. The molecule has 1 saturated heterocycles. The van der Waals surface area contributed by atoms with Crippen LogP contribution in [-0.4, -0.2) is 17.6 Å². The van der Waals surface area contributed by atoms with Crippen molar-refractivity contribution in [3.63, 3.8) is 0 Å². The number of hydrogen-bond acceptors (Lipinski definition) is 3. The molecule has 0 amide bonds. The number of carbonyl (C=O) groups is 1. The summed E-state index contributed by atoms with van der Waals surface area (Å²) in [5.74, 6) is 1.96. The highest BCUT2D eigenvalue weighted by atomic mass is 16.5. The van der Waals surface area contributed by atoms with Gasteiger partial charge >= 0.3 is 0 Å². The Hall–Kier alpha value is -0.830. The molecule has 0 aromatic carbocycles. The summed E-state index contributed by atoms with van der Waals surface area (Å²) in [5.41, 5.74) is 0.925. The standard InChI is InChI=1S/C24H41NO2/c1-7-8-9-10-13-23(3,4)20-15-19(26)21-17-14-16(2)11-12-18(17)24(5,6)27-22(21)25-20/h15-18,21-22,25H,7-14H2,1-6H3/t16-,17-,18?,21?,22?/m0/s1. The van der Waals surface area contributed by atoms with Crippen LogP contribution >= 0.6 is 0 Å². The van der Waals surface area contributed by atoms with E-state index in [0.717, 1.165) is 18.5 Å². The van der Waals surface area contributed by atoms with E-state index in [9.17, 15) is 4.79 Å². The van der Waals surface area contributed by atoms with Gasteiger partial charge in [-0.1, -0.05) is 59.8 Å². The molecule has 1 aliphatic carbocycles. The van der Waals surface area contributed by atoms with Gasteiger partial charge in [0.2, 0.25) is 0 Å². The van der Waals surface area contributed by atoms with Crippen molar-refractivity contribution in [2.24, 2.45) is 29.1 Å². The van der Waals surface area contributed by atoms with Crippen molar-refractivity contribution < 1.29 is 9.53 Å². The minimum Gasteiger partial charge on any atom is -0.362 e. The van der Waals surface area contributed by atoms with E-state index in [1.165, 1.54) is 38.5 Å². The normalized spacial score (nSPS) is 35.7. The Morgan fingerprint density at radius 2 is 1.96 bits per heavy atom. The largest absolute Gasteiger partial charge is 0.362 e. The van der Waals surface area contributed by atoms with Crippen LogP contribution in [0.15, 0.2) is 11.8 Å². The fourth-order valence-electron chi connectivity index (χ4n) is 5.83. The highest BCUT2D eigenvalue weighted by Gasteiger charge is 2.54. The van der Waals surface area contributed by atoms with Crippen molar-refractivity contribution in [1.82, 2.24) is 5.32 Å². The fourth-order valence-corrected chi connectivity index (χ4v) is 5.83. The Morgan fingerprint density at radius 1 is 1.22 bits per heavy atom. The van der Waals surface area contributed by atoms with Gasteiger partial charge in [-0.15, -0.1) is 0 Å². The maximum atomic E-state index is 13.2. The molecule has 0 spiro atoms. The van der Waals surface area contributed by atoms with Gasteiger partial charge in [-0.2, -0.15) is 0 Å². The zero-order valence-electron chi connectivity index (χ0n) is 18.4. The van der Waals surface area contributed by atoms with Gasteiger partial charge in [0, 0.05) is 17.2 Å². The molecule has 3 unspecified atom stereocenters. The average Bonchev–Trinajstić information content (AvgIpc) is 2.57. The lowest BCUT2D eigenvalue weighted by molar-refractivity contribution is -0.214. The van der Waals surface area contributed by atoms with Gasteiger partial charge in [-0.3, -0.25) is 4.79 Å². The molecule has 0 bridgehead atoms. The summed E-state index contributed by atoms with van der Waals surface area (Å²) in [5, 5.41) is 3.69. The molecule has 3 heteroatoms. The van der Waals surface area contributed by atoms with Crippen LogP contribution in [0.1, 0.15) is 92.9 Å². The van der Waals surface area contributed by atoms with Gasteiger partial charge in [-0.25, -0.2) is 0 Å². The van der Waals surface area contributed by atoms with E-state index < -0.39 is 0 Å². The number of allylic oxidation sites excluding steroid dienone is 2. The van der Waals surface area contributed by atoms with Crippen molar-refractivity contribution in [2.75, 3.05) is 0 Å². The molecule has 2 heterocycles. The third-order valence-electron chi connectivity index (χ3n) is 7.57. The molecule has 5 atom stereocenters. The number of ketones is 1. The fraction of sp³-hybridized carbons (Fsp3) is 0.875. The van der Waals surface area contributed by atoms with E-state index in [0.29, 0.717) is 23.5 Å². The average molecular weight is 376 g/mol. The Balaban J connectivity index is 1.78. The van der Waals surface area contributed by atoms with Gasteiger partial charge < -0.3 is 10.1 Å². The van der Waals surface area contributed by atoms with Crippen molar-refractivity contribution in [3.8, 4) is 0 Å². The number of unbranched alkanes of at least 4 members (excludes halogenated alkanes) is 3. The van der Waals surface area contributed by atoms with Crippen molar-refractivity contribution in [2.45, 2.75) is 105 Å². The minimum atomic E-state index is -0.160. The first-order valence-corrected chi connectivity index (χ1v) is 11.4. The van der Waals surface area contributed by atoms with E-state index in [1.807, 2.05) is 6.08 Å². The van der Waals surface area contributed by atoms with E-state index in [2.05, 4.69) is 46.9 Å². The van der Waals surface area contributed by atoms with Crippen LogP contribution in [0.2, 0.25) is 0 Å². The van der Waals surface area contributed by atoms with Gasteiger partial charge in [-0.05, 0) is 50.9 Å². The second-order valence-corrected chi connectivity index (χ2v) is 10.7.